The van der Waals surface area contributed by atoms with E-state index in [4.69, 9.17) is 0 Å². The minimum atomic E-state index is -0.383. The molecule has 0 aliphatic heterocycles. The predicted octanol–water partition coefficient (Wildman–Crippen LogP) is 2.02. The summed E-state index contributed by atoms with van der Waals surface area (Å²) in [5.74, 6) is 0.994. The van der Waals surface area contributed by atoms with Crippen molar-refractivity contribution in [2.45, 2.75) is 33.3 Å². The number of hydrogen-bond acceptors (Lipinski definition) is 3. The van der Waals surface area contributed by atoms with Gasteiger partial charge in [0.2, 0.25) is 0 Å². The monoisotopic (exact) mass is 289 g/mol. The van der Waals surface area contributed by atoms with Crippen molar-refractivity contribution in [3.8, 4) is 0 Å². The zero-order valence-electron chi connectivity index (χ0n) is 13.1. The fourth-order valence-electron chi connectivity index (χ4n) is 2.23. The highest BCUT2D eigenvalue weighted by atomic mass is 16.3. The second-order valence-electron chi connectivity index (χ2n) is 5.78. The van der Waals surface area contributed by atoms with Gasteiger partial charge in [0.15, 0.2) is 0 Å². The lowest BCUT2D eigenvalue weighted by molar-refractivity contribution is 0.0920. The average Bonchev–Trinajstić information content (AvgIpc) is 2.73. The fraction of sp³-hybridized carbons (Fsp3) is 0.500. The van der Waals surface area contributed by atoms with Crippen molar-refractivity contribution in [2.24, 2.45) is 13.0 Å². The van der Waals surface area contributed by atoms with Crippen molar-refractivity contribution >= 4 is 16.9 Å². The van der Waals surface area contributed by atoms with Crippen LogP contribution in [-0.4, -0.2) is 33.2 Å². The van der Waals surface area contributed by atoms with E-state index in [1.165, 1.54) is 0 Å². The van der Waals surface area contributed by atoms with E-state index >= 15 is 0 Å². The van der Waals surface area contributed by atoms with Crippen molar-refractivity contribution in [2.75, 3.05) is 6.54 Å². The third kappa shape index (κ3) is 3.42. The van der Waals surface area contributed by atoms with Gasteiger partial charge in [0.05, 0.1) is 17.1 Å². The second-order valence-corrected chi connectivity index (χ2v) is 5.78. The molecule has 1 unspecified atom stereocenters. The molecule has 0 saturated carbocycles. The van der Waals surface area contributed by atoms with E-state index in [0.717, 1.165) is 16.9 Å². The highest BCUT2D eigenvalue weighted by Crippen LogP contribution is 2.16. The molecule has 5 heteroatoms. The van der Waals surface area contributed by atoms with Crippen LogP contribution in [0.4, 0.5) is 0 Å². The number of nitrogens with one attached hydrogen (secondary N) is 1. The third-order valence-electron chi connectivity index (χ3n) is 3.86. The number of aliphatic hydroxyl groups is 1. The Balaban J connectivity index is 2.03. The first kappa shape index (κ1) is 15.5. The van der Waals surface area contributed by atoms with Gasteiger partial charge in [-0.2, -0.15) is 0 Å². The molecular formula is C16H23N3O2. The summed E-state index contributed by atoms with van der Waals surface area (Å²) in [7, 11) is 1.96. The molecular weight excluding hydrogens is 266 g/mol. The van der Waals surface area contributed by atoms with Crippen LogP contribution in [0, 0.1) is 12.8 Å². The number of rotatable bonds is 5. The molecule has 0 spiro atoms. The van der Waals surface area contributed by atoms with E-state index in [1.807, 2.05) is 38.5 Å². The minimum Gasteiger partial charge on any atom is -0.393 e. The van der Waals surface area contributed by atoms with Crippen LogP contribution in [0.2, 0.25) is 0 Å². The van der Waals surface area contributed by atoms with Gasteiger partial charge in [-0.1, -0.05) is 13.8 Å². The van der Waals surface area contributed by atoms with Gasteiger partial charge in [-0.05, 0) is 37.5 Å². The predicted molar refractivity (Wildman–Crippen MR) is 83.2 cm³/mol. The topological polar surface area (TPSA) is 67.2 Å². The van der Waals surface area contributed by atoms with E-state index in [1.54, 1.807) is 12.1 Å². The molecule has 0 fully saturated rings. The number of amides is 1. The van der Waals surface area contributed by atoms with Gasteiger partial charge in [-0.15, -0.1) is 0 Å². The number of benzene rings is 1. The Morgan fingerprint density at radius 1 is 1.43 bits per heavy atom. The summed E-state index contributed by atoms with van der Waals surface area (Å²) in [6.45, 7) is 6.33. The first-order chi connectivity index (χ1) is 9.90. The van der Waals surface area contributed by atoms with Crippen LogP contribution in [0.3, 0.4) is 0 Å². The molecule has 1 aromatic heterocycles. The maximum atomic E-state index is 12.1. The van der Waals surface area contributed by atoms with Gasteiger partial charge < -0.3 is 15.0 Å². The van der Waals surface area contributed by atoms with Gasteiger partial charge >= 0.3 is 0 Å². The Kier molecular flexibility index (Phi) is 4.63. The van der Waals surface area contributed by atoms with Crippen LogP contribution < -0.4 is 5.32 Å². The van der Waals surface area contributed by atoms with Crippen molar-refractivity contribution in [3.05, 3.63) is 29.6 Å². The molecule has 0 radical (unpaired) electrons. The number of carbonyl (C=O) groups excluding carboxylic acids is 1. The maximum absolute atomic E-state index is 12.1. The maximum Gasteiger partial charge on any atom is 0.251 e. The number of aromatic nitrogens is 2. The molecule has 21 heavy (non-hydrogen) atoms. The zero-order valence-corrected chi connectivity index (χ0v) is 13.1. The minimum absolute atomic E-state index is 0.129. The van der Waals surface area contributed by atoms with Crippen LogP contribution in [0.1, 0.15) is 36.5 Å². The number of aliphatic hydroxyl groups excluding tert-OH is 1. The summed E-state index contributed by atoms with van der Waals surface area (Å²) in [6, 6.07) is 5.52. The van der Waals surface area contributed by atoms with Crippen LogP contribution in [0.5, 0.6) is 0 Å². The van der Waals surface area contributed by atoms with Crippen molar-refractivity contribution in [3.63, 3.8) is 0 Å². The number of fused-ring (bicyclic) bond motifs is 1. The first-order valence-corrected chi connectivity index (χ1v) is 7.29. The summed E-state index contributed by atoms with van der Waals surface area (Å²) in [4.78, 5) is 16.5. The van der Waals surface area contributed by atoms with Gasteiger partial charge in [-0.25, -0.2) is 4.98 Å². The van der Waals surface area contributed by atoms with Gasteiger partial charge in [0, 0.05) is 19.2 Å². The summed E-state index contributed by atoms with van der Waals surface area (Å²) < 4.78 is 2.00. The smallest absolute Gasteiger partial charge is 0.251 e. The largest absolute Gasteiger partial charge is 0.393 e. The van der Waals surface area contributed by atoms with E-state index in [2.05, 4.69) is 10.3 Å². The molecule has 0 saturated heterocycles. The lowest BCUT2D eigenvalue weighted by Crippen LogP contribution is -2.28. The van der Waals surface area contributed by atoms with Crippen LogP contribution in [-0.2, 0) is 7.05 Å². The highest BCUT2D eigenvalue weighted by Gasteiger charge is 2.12. The zero-order chi connectivity index (χ0) is 15.6. The SMILES string of the molecule is Cc1nc2cc(C(=O)NCCC(O)C(C)C)ccc2n1C. The van der Waals surface area contributed by atoms with E-state index in [9.17, 15) is 9.90 Å². The molecule has 0 aliphatic carbocycles. The van der Waals surface area contributed by atoms with E-state index in [0.29, 0.717) is 18.5 Å². The Morgan fingerprint density at radius 2 is 2.14 bits per heavy atom. The van der Waals surface area contributed by atoms with Crippen molar-refractivity contribution in [1.29, 1.82) is 0 Å². The molecule has 1 heterocycles. The quantitative estimate of drug-likeness (QED) is 0.885. The lowest BCUT2D eigenvalue weighted by Gasteiger charge is -2.14. The number of carbonyl (C=O) groups is 1. The molecule has 2 rings (SSSR count). The summed E-state index contributed by atoms with van der Waals surface area (Å²) >= 11 is 0. The number of imidazole rings is 1. The second kappa shape index (κ2) is 6.26. The van der Waals surface area contributed by atoms with Gasteiger partial charge in [0.25, 0.3) is 5.91 Å². The van der Waals surface area contributed by atoms with Crippen molar-refractivity contribution in [1.82, 2.24) is 14.9 Å². The summed E-state index contributed by atoms with van der Waals surface area (Å²) in [5, 5.41) is 12.6. The lowest BCUT2D eigenvalue weighted by atomic mass is 10.0. The Hall–Kier alpha value is -1.88. The normalized spacial score (nSPS) is 12.9. The van der Waals surface area contributed by atoms with Crippen LogP contribution in [0.15, 0.2) is 18.2 Å². The summed E-state index contributed by atoms with van der Waals surface area (Å²) in [6.07, 6.45) is 0.181. The molecule has 1 amide bonds. The van der Waals surface area contributed by atoms with Crippen molar-refractivity contribution < 1.29 is 9.90 Å². The first-order valence-electron chi connectivity index (χ1n) is 7.29. The number of hydrogen-bond donors (Lipinski definition) is 2. The molecule has 2 aromatic rings. The molecule has 0 aliphatic rings. The standard InChI is InChI=1S/C16H23N3O2/c1-10(2)15(20)7-8-17-16(21)12-5-6-14-13(9-12)18-11(3)19(14)4/h5-6,9-10,15,20H,7-8H2,1-4H3,(H,17,21). The number of nitrogens with zero attached hydrogens (tertiary/aromatic N) is 2. The molecule has 114 valence electrons. The number of aryl methyl sites for hydroxylation is 2. The molecule has 5 nitrogen and oxygen atoms in total. The molecule has 1 aromatic carbocycles. The molecule has 0 bridgehead atoms. The summed E-state index contributed by atoms with van der Waals surface area (Å²) in [5.41, 5.74) is 2.43. The van der Waals surface area contributed by atoms with Crippen LogP contribution in [0.25, 0.3) is 11.0 Å². The molecule has 2 N–H and O–H groups in total. The van der Waals surface area contributed by atoms with Crippen LogP contribution >= 0.6 is 0 Å². The third-order valence-corrected chi connectivity index (χ3v) is 3.86. The highest BCUT2D eigenvalue weighted by molar-refractivity contribution is 5.97. The Labute approximate surface area is 125 Å². The molecule has 1 atom stereocenters. The Morgan fingerprint density at radius 3 is 2.81 bits per heavy atom. The van der Waals surface area contributed by atoms with Gasteiger partial charge in [0.1, 0.15) is 5.82 Å². The average molecular weight is 289 g/mol. The van der Waals surface area contributed by atoms with E-state index < -0.39 is 0 Å². The fourth-order valence-corrected chi connectivity index (χ4v) is 2.23. The van der Waals surface area contributed by atoms with Gasteiger partial charge in [-0.3, -0.25) is 4.79 Å². The Bertz CT molecular complexity index is 646. The van der Waals surface area contributed by atoms with E-state index in [-0.39, 0.29) is 17.9 Å².